The lowest BCUT2D eigenvalue weighted by atomic mass is 9.94. The smallest absolute Gasteiger partial charge is 0.301 e. The Bertz CT molecular complexity index is 1750. The number of carbonyl (C=O) groups is 2. The molecule has 2 aliphatic heterocycles. The van der Waals surface area contributed by atoms with Gasteiger partial charge < -0.3 is 14.6 Å². The molecule has 1 aromatic heterocycles. The van der Waals surface area contributed by atoms with Crippen molar-refractivity contribution >= 4 is 45.7 Å². The van der Waals surface area contributed by atoms with Crippen LogP contribution < -0.4 is 14.4 Å². The van der Waals surface area contributed by atoms with E-state index in [0.717, 1.165) is 36.1 Å². The number of aryl methyl sites for hydroxylation is 1. The van der Waals surface area contributed by atoms with E-state index >= 15 is 0 Å². The van der Waals surface area contributed by atoms with Crippen LogP contribution in [0, 0.1) is 6.92 Å². The summed E-state index contributed by atoms with van der Waals surface area (Å²) in [6, 6.07) is 20.1. The largest absolute Gasteiger partial charge is 0.507 e. The van der Waals surface area contributed by atoms with Crippen LogP contribution >= 0.6 is 23.1 Å². The van der Waals surface area contributed by atoms with E-state index in [1.165, 1.54) is 33.6 Å². The molecule has 3 heterocycles. The van der Waals surface area contributed by atoms with Gasteiger partial charge in [0.25, 0.3) is 5.78 Å². The van der Waals surface area contributed by atoms with Crippen molar-refractivity contribution in [3.8, 4) is 11.5 Å². The monoisotopic (exact) mass is 641 g/mol. The average molecular weight is 642 g/mol. The van der Waals surface area contributed by atoms with Gasteiger partial charge in [-0.05, 0) is 67.3 Å². The van der Waals surface area contributed by atoms with Gasteiger partial charge in [-0.3, -0.25) is 14.5 Å². The molecule has 2 aliphatic rings. The Labute approximate surface area is 271 Å². The predicted molar refractivity (Wildman–Crippen MR) is 177 cm³/mol. The van der Waals surface area contributed by atoms with E-state index in [0.29, 0.717) is 40.0 Å². The van der Waals surface area contributed by atoms with Crippen LogP contribution in [0.3, 0.4) is 0 Å². The molecule has 6 rings (SSSR count). The van der Waals surface area contributed by atoms with Crippen molar-refractivity contribution in [2.24, 2.45) is 0 Å². The number of nitrogens with zero attached hydrogens (tertiary/aromatic N) is 3. The number of thioether (sulfide) groups is 1. The van der Waals surface area contributed by atoms with E-state index in [1.807, 2.05) is 44.2 Å². The van der Waals surface area contributed by atoms with Gasteiger partial charge in [0, 0.05) is 17.7 Å². The van der Waals surface area contributed by atoms with Gasteiger partial charge in [-0.2, -0.15) is 0 Å². The van der Waals surface area contributed by atoms with Gasteiger partial charge >= 0.3 is 5.91 Å². The number of aliphatic hydroxyl groups is 1. The molecule has 3 aromatic carbocycles. The zero-order chi connectivity index (χ0) is 31.5. The molecule has 0 spiro atoms. The summed E-state index contributed by atoms with van der Waals surface area (Å²) in [5, 5.41) is 20.7. The highest BCUT2D eigenvalue weighted by atomic mass is 32.2. The fourth-order valence-electron chi connectivity index (χ4n) is 5.57. The summed E-state index contributed by atoms with van der Waals surface area (Å²) >= 11 is 2.77. The Balaban J connectivity index is 1.37. The molecule has 0 saturated carbocycles. The molecule has 1 fully saturated rings. The van der Waals surface area contributed by atoms with Gasteiger partial charge in [-0.25, -0.2) is 0 Å². The second-order valence-electron chi connectivity index (χ2n) is 11.4. The third kappa shape index (κ3) is 6.62. The maximum atomic E-state index is 13.7. The Morgan fingerprint density at radius 2 is 1.91 bits per heavy atom. The SMILES string of the molecule is CCCCCOc1cccc(C2/C(=C(\O)c3ccc4c(c3)CC(C)O4)C(=O)C(=O)N2c2nnc(SCc3ccc(C)cc3)s2)c1. The van der Waals surface area contributed by atoms with Crippen LogP contribution in [0.1, 0.15) is 67.0 Å². The molecule has 0 bridgehead atoms. The second kappa shape index (κ2) is 13.5. The lowest BCUT2D eigenvalue weighted by Gasteiger charge is -2.23. The Morgan fingerprint density at radius 1 is 1.09 bits per heavy atom. The maximum absolute atomic E-state index is 13.7. The molecule has 10 heteroatoms. The number of unbranched alkanes of at least 4 members (excludes halogenated alkanes) is 2. The van der Waals surface area contributed by atoms with Gasteiger partial charge in [0.1, 0.15) is 23.4 Å². The number of ether oxygens (including phenoxy) is 2. The topological polar surface area (TPSA) is 102 Å². The minimum absolute atomic E-state index is 0.000829. The number of aromatic nitrogens is 2. The molecule has 1 saturated heterocycles. The molecule has 2 unspecified atom stereocenters. The number of fused-ring (bicyclic) bond motifs is 1. The first kappa shape index (κ1) is 30.9. The lowest BCUT2D eigenvalue weighted by Crippen LogP contribution is -2.29. The number of carbonyl (C=O) groups excluding carboxylic acids is 2. The quantitative estimate of drug-likeness (QED) is 0.0445. The van der Waals surface area contributed by atoms with Crippen molar-refractivity contribution in [1.29, 1.82) is 0 Å². The summed E-state index contributed by atoms with van der Waals surface area (Å²) in [6.45, 7) is 6.73. The lowest BCUT2D eigenvalue weighted by molar-refractivity contribution is -0.132. The maximum Gasteiger partial charge on any atom is 0.301 e. The van der Waals surface area contributed by atoms with Crippen molar-refractivity contribution < 1.29 is 24.2 Å². The molecular formula is C35H35N3O5S2. The van der Waals surface area contributed by atoms with Crippen LogP contribution in [-0.4, -0.2) is 39.7 Å². The number of amides is 1. The number of benzene rings is 3. The van der Waals surface area contributed by atoms with E-state index in [4.69, 9.17) is 9.47 Å². The third-order valence-corrected chi connectivity index (χ3v) is 10.0. The molecule has 4 aromatic rings. The van der Waals surface area contributed by atoms with E-state index in [1.54, 1.807) is 12.1 Å². The summed E-state index contributed by atoms with van der Waals surface area (Å²) in [4.78, 5) is 28.8. The van der Waals surface area contributed by atoms with E-state index < -0.39 is 17.7 Å². The van der Waals surface area contributed by atoms with Gasteiger partial charge in [0.05, 0.1) is 18.2 Å². The van der Waals surface area contributed by atoms with E-state index in [9.17, 15) is 14.7 Å². The van der Waals surface area contributed by atoms with Gasteiger partial charge in [0.2, 0.25) is 5.13 Å². The molecule has 45 heavy (non-hydrogen) atoms. The van der Waals surface area contributed by atoms with Crippen LogP contribution in [0.25, 0.3) is 5.76 Å². The summed E-state index contributed by atoms with van der Waals surface area (Å²) in [5.74, 6) is 0.296. The number of aliphatic hydroxyl groups excluding tert-OH is 1. The van der Waals surface area contributed by atoms with Crippen LogP contribution in [0.4, 0.5) is 5.13 Å². The first-order chi connectivity index (χ1) is 21.8. The van der Waals surface area contributed by atoms with Crippen molar-refractivity contribution in [3.63, 3.8) is 0 Å². The van der Waals surface area contributed by atoms with Crippen molar-refractivity contribution in [1.82, 2.24) is 10.2 Å². The van der Waals surface area contributed by atoms with Crippen LogP contribution in [0.15, 0.2) is 76.6 Å². The normalized spacial score (nSPS) is 18.7. The minimum Gasteiger partial charge on any atom is -0.507 e. The van der Waals surface area contributed by atoms with Crippen LogP contribution in [0.5, 0.6) is 11.5 Å². The standard InChI is InChI=1S/C35H35N3O5S2/c1-4-5-6-16-42-27-9-7-8-24(19-27)30-29(31(39)25-14-15-28-26(18-25)17-22(3)43-28)32(40)33(41)38(30)34-36-37-35(45-34)44-20-23-12-10-21(2)11-13-23/h7-15,18-19,22,30,39H,4-6,16-17,20H2,1-3H3/b31-29+. The van der Waals surface area contributed by atoms with Crippen molar-refractivity contribution in [2.75, 3.05) is 11.5 Å². The fourth-order valence-corrected chi connectivity index (χ4v) is 7.40. The van der Waals surface area contributed by atoms with E-state index in [-0.39, 0.29) is 22.6 Å². The molecule has 0 aliphatic carbocycles. The number of Topliss-reactive ketones (excluding diaryl/α,β-unsaturated/α-hetero) is 1. The van der Waals surface area contributed by atoms with Gasteiger partial charge in [-0.15, -0.1) is 10.2 Å². The highest BCUT2D eigenvalue weighted by Gasteiger charge is 2.48. The number of hydrogen-bond donors (Lipinski definition) is 1. The summed E-state index contributed by atoms with van der Waals surface area (Å²) in [6.07, 6.45) is 3.79. The molecule has 8 nitrogen and oxygen atoms in total. The Kier molecular flexibility index (Phi) is 9.23. The zero-order valence-electron chi connectivity index (χ0n) is 25.5. The van der Waals surface area contributed by atoms with Crippen molar-refractivity contribution in [2.45, 2.75) is 68.7 Å². The molecular weight excluding hydrogens is 607 g/mol. The first-order valence-electron chi connectivity index (χ1n) is 15.2. The zero-order valence-corrected chi connectivity index (χ0v) is 27.1. The predicted octanol–water partition coefficient (Wildman–Crippen LogP) is 7.66. The molecule has 0 radical (unpaired) electrons. The molecule has 1 amide bonds. The molecule has 1 N–H and O–H groups in total. The average Bonchev–Trinajstić information content (AvgIpc) is 3.73. The van der Waals surface area contributed by atoms with Gasteiger partial charge in [0.15, 0.2) is 4.34 Å². The van der Waals surface area contributed by atoms with Crippen molar-refractivity contribution in [3.05, 3.63) is 100 Å². The Hall–Kier alpha value is -4.15. The fraction of sp³-hybridized carbons (Fsp3) is 0.314. The summed E-state index contributed by atoms with van der Waals surface area (Å²) in [5.41, 5.74) is 4.36. The molecule has 232 valence electrons. The summed E-state index contributed by atoms with van der Waals surface area (Å²) < 4.78 is 12.5. The second-order valence-corrected chi connectivity index (χ2v) is 13.6. The third-order valence-electron chi connectivity index (χ3n) is 7.89. The number of anilines is 1. The number of ketones is 1. The minimum atomic E-state index is -0.921. The van der Waals surface area contributed by atoms with Crippen LogP contribution in [0.2, 0.25) is 0 Å². The van der Waals surface area contributed by atoms with Crippen LogP contribution in [-0.2, 0) is 21.8 Å². The summed E-state index contributed by atoms with van der Waals surface area (Å²) in [7, 11) is 0. The Morgan fingerprint density at radius 3 is 2.71 bits per heavy atom. The highest BCUT2D eigenvalue weighted by molar-refractivity contribution is 8.00. The number of hydrogen-bond acceptors (Lipinski definition) is 9. The highest BCUT2D eigenvalue weighted by Crippen LogP contribution is 2.45. The van der Waals surface area contributed by atoms with E-state index in [2.05, 4.69) is 41.4 Å². The van der Waals surface area contributed by atoms with Gasteiger partial charge in [-0.1, -0.05) is 84.8 Å². The molecule has 2 atom stereocenters. The number of rotatable bonds is 11. The first-order valence-corrected chi connectivity index (χ1v) is 17.0.